The van der Waals surface area contributed by atoms with Gasteiger partial charge in [-0.2, -0.15) is 13.2 Å². The van der Waals surface area contributed by atoms with Gasteiger partial charge in [-0.1, -0.05) is 17.7 Å². The lowest BCUT2D eigenvalue weighted by Crippen LogP contribution is -2.45. The number of alkyl halides is 3. The lowest BCUT2D eigenvalue weighted by Gasteiger charge is -2.15. The molecular formula is C20H17ClF3N5O2. The number of benzene rings is 1. The maximum Gasteiger partial charge on any atom is 0.434 e. The molecule has 1 unspecified atom stereocenters. The van der Waals surface area contributed by atoms with Gasteiger partial charge in [0.15, 0.2) is 5.69 Å². The van der Waals surface area contributed by atoms with Gasteiger partial charge in [0.05, 0.1) is 5.69 Å². The molecule has 11 heteroatoms. The van der Waals surface area contributed by atoms with E-state index in [1.165, 1.54) is 25.1 Å². The van der Waals surface area contributed by atoms with Gasteiger partial charge in [-0.3, -0.25) is 20.3 Å². The fraction of sp³-hybridized carbons (Fsp3) is 0.300. The zero-order valence-corrected chi connectivity index (χ0v) is 17.2. The van der Waals surface area contributed by atoms with E-state index in [1.54, 1.807) is 6.92 Å². The summed E-state index contributed by atoms with van der Waals surface area (Å²) in [7, 11) is 0. The number of nitrogens with zero attached hydrogens (tertiary/aromatic N) is 2. The van der Waals surface area contributed by atoms with Crippen molar-refractivity contribution in [3.63, 3.8) is 0 Å². The summed E-state index contributed by atoms with van der Waals surface area (Å²) in [5.41, 5.74) is 4.94. The van der Waals surface area contributed by atoms with Crippen molar-refractivity contribution in [1.82, 2.24) is 26.1 Å². The van der Waals surface area contributed by atoms with Gasteiger partial charge in [0, 0.05) is 23.1 Å². The molecule has 1 aromatic carbocycles. The summed E-state index contributed by atoms with van der Waals surface area (Å²) in [5, 5.41) is 2.48. The fourth-order valence-electron chi connectivity index (χ4n) is 3.00. The van der Waals surface area contributed by atoms with Crippen molar-refractivity contribution in [2.24, 2.45) is 0 Å². The third kappa shape index (κ3) is 5.38. The van der Waals surface area contributed by atoms with Crippen molar-refractivity contribution in [3.05, 3.63) is 46.0 Å². The smallest absolute Gasteiger partial charge is 0.284 e. The molecular weight excluding hydrogens is 435 g/mol. The number of aromatic nitrogens is 2. The summed E-state index contributed by atoms with van der Waals surface area (Å²) < 4.78 is 41.1. The van der Waals surface area contributed by atoms with Crippen LogP contribution in [0.3, 0.4) is 0 Å². The Morgan fingerprint density at radius 1 is 1.26 bits per heavy atom. The van der Waals surface area contributed by atoms with Crippen LogP contribution in [0.1, 0.15) is 29.2 Å². The van der Waals surface area contributed by atoms with E-state index in [0.717, 1.165) is 0 Å². The first-order valence-corrected chi connectivity index (χ1v) is 9.51. The van der Waals surface area contributed by atoms with Gasteiger partial charge in [0.25, 0.3) is 0 Å². The minimum absolute atomic E-state index is 0.0334. The van der Waals surface area contributed by atoms with Crippen molar-refractivity contribution < 1.29 is 22.8 Å². The van der Waals surface area contributed by atoms with E-state index in [2.05, 4.69) is 38.0 Å². The van der Waals surface area contributed by atoms with Crippen LogP contribution in [0.2, 0.25) is 5.02 Å². The molecule has 1 aliphatic rings. The van der Waals surface area contributed by atoms with E-state index in [-0.39, 0.29) is 16.8 Å². The molecule has 1 aliphatic heterocycles. The molecule has 2 heterocycles. The van der Waals surface area contributed by atoms with Crippen LogP contribution in [0.4, 0.5) is 13.2 Å². The van der Waals surface area contributed by atoms with Crippen molar-refractivity contribution >= 4 is 23.4 Å². The van der Waals surface area contributed by atoms with E-state index in [0.29, 0.717) is 23.6 Å². The molecule has 2 aromatic rings. The van der Waals surface area contributed by atoms with Gasteiger partial charge >= 0.3 is 12.1 Å². The molecule has 3 rings (SSSR count). The monoisotopic (exact) mass is 451 g/mol. The van der Waals surface area contributed by atoms with Gasteiger partial charge < -0.3 is 0 Å². The van der Waals surface area contributed by atoms with Crippen LogP contribution in [-0.4, -0.2) is 34.4 Å². The standard InChI is InChI=1S/C20H17ClF3N5O2/c1-10-9-12(3-4-13(10)21)17-11(2)26-15(27-18(17)20(22,23)24)5-6-16(30)28-19(31)14-7-8-25-29-14/h3-4,9,14,25,29H,7-8H2,1-2H3,(H,28,30,31). The molecule has 0 aliphatic carbocycles. The fourth-order valence-corrected chi connectivity index (χ4v) is 3.12. The number of aryl methyl sites for hydroxylation is 2. The average Bonchev–Trinajstić information content (AvgIpc) is 3.22. The number of rotatable bonds is 2. The van der Waals surface area contributed by atoms with Gasteiger partial charge in [-0.25, -0.2) is 15.4 Å². The Labute approximate surface area is 180 Å². The second-order valence-corrected chi connectivity index (χ2v) is 7.21. The number of amides is 2. The Morgan fingerprint density at radius 2 is 2.00 bits per heavy atom. The predicted octanol–water partition coefficient (Wildman–Crippen LogP) is 2.29. The molecule has 0 saturated carbocycles. The third-order valence-electron chi connectivity index (χ3n) is 4.48. The molecule has 0 radical (unpaired) electrons. The molecule has 1 saturated heterocycles. The second kappa shape index (κ2) is 9.01. The number of carbonyl (C=O) groups excluding carboxylic acids is 2. The Kier molecular flexibility index (Phi) is 6.59. The van der Waals surface area contributed by atoms with E-state index in [4.69, 9.17) is 11.6 Å². The molecule has 1 atom stereocenters. The normalized spacial score (nSPS) is 15.9. The van der Waals surface area contributed by atoms with Gasteiger partial charge in [-0.05, 0) is 49.4 Å². The number of halogens is 4. The predicted molar refractivity (Wildman–Crippen MR) is 107 cm³/mol. The molecule has 0 bridgehead atoms. The Bertz CT molecular complexity index is 1100. The SMILES string of the molecule is Cc1cc(-c2c(C)nc(C#CC(=O)NC(=O)C3CCNN3)nc2C(F)(F)F)ccc1Cl. The van der Waals surface area contributed by atoms with Crippen molar-refractivity contribution in [1.29, 1.82) is 0 Å². The first kappa shape index (κ1) is 22.7. The minimum Gasteiger partial charge on any atom is -0.284 e. The Balaban J connectivity index is 1.92. The van der Waals surface area contributed by atoms with Gasteiger partial charge in [0.2, 0.25) is 11.7 Å². The van der Waals surface area contributed by atoms with Crippen LogP contribution in [0.15, 0.2) is 18.2 Å². The maximum absolute atomic E-state index is 13.7. The quantitative estimate of drug-likeness (QED) is 0.606. The lowest BCUT2D eigenvalue weighted by molar-refractivity contribution is -0.140. The zero-order chi connectivity index (χ0) is 22.8. The van der Waals surface area contributed by atoms with Crippen LogP contribution in [-0.2, 0) is 15.8 Å². The second-order valence-electron chi connectivity index (χ2n) is 6.80. The summed E-state index contributed by atoms with van der Waals surface area (Å²) >= 11 is 5.97. The number of carbonyl (C=O) groups is 2. The number of nitrogens with one attached hydrogen (secondary N) is 3. The first-order valence-electron chi connectivity index (χ1n) is 9.14. The van der Waals surface area contributed by atoms with Crippen LogP contribution in [0.25, 0.3) is 11.1 Å². The highest BCUT2D eigenvalue weighted by Crippen LogP contribution is 2.38. The summed E-state index contributed by atoms with van der Waals surface area (Å²) in [4.78, 5) is 31.3. The molecule has 2 amide bonds. The molecule has 0 spiro atoms. The Hall–Kier alpha value is -3.00. The summed E-state index contributed by atoms with van der Waals surface area (Å²) in [6.45, 7) is 3.63. The molecule has 31 heavy (non-hydrogen) atoms. The highest BCUT2D eigenvalue weighted by molar-refractivity contribution is 6.31. The highest BCUT2D eigenvalue weighted by atomic mass is 35.5. The van der Waals surface area contributed by atoms with E-state index < -0.39 is 35.6 Å². The minimum atomic E-state index is -4.79. The molecule has 1 aromatic heterocycles. The van der Waals surface area contributed by atoms with Crippen LogP contribution < -0.4 is 16.2 Å². The van der Waals surface area contributed by atoms with Crippen molar-refractivity contribution in [3.8, 4) is 23.0 Å². The van der Waals surface area contributed by atoms with Gasteiger partial charge in [0.1, 0.15) is 6.04 Å². The number of hydrazine groups is 1. The third-order valence-corrected chi connectivity index (χ3v) is 4.90. The van der Waals surface area contributed by atoms with Crippen LogP contribution in [0, 0.1) is 25.7 Å². The molecule has 7 nitrogen and oxygen atoms in total. The number of imide groups is 1. The van der Waals surface area contributed by atoms with Crippen LogP contribution >= 0.6 is 11.6 Å². The Morgan fingerprint density at radius 3 is 2.61 bits per heavy atom. The van der Waals surface area contributed by atoms with Crippen molar-refractivity contribution in [2.75, 3.05) is 6.54 Å². The topological polar surface area (TPSA) is 96.0 Å². The lowest BCUT2D eigenvalue weighted by atomic mass is 10.00. The summed E-state index contributed by atoms with van der Waals surface area (Å²) in [5.74, 6) is 2.21. The van der Waals surface area contributed by atoms with E-state index >= 15 is 0 Å². The van der Waals surface area contributed by atoms with E-state index in [1.807, 2.05) is 0 Å². The summed E-state index contributed by atoms with van der Waals surface area (Å²) in [6.07, 6.45) is -4.30. The number of hydrogen-bond donors (Lipinski definition) is 3. The molecule has 1 fully saturated rings. The van der Waals surface area contributed by atoms with Crippen molar-refractivity contribution in [2.45, 2.75) is 32.5 Å². The maximum atomic E-state index is 13.7. The average molecular weight is 452 g/mol. The molecule has 162 valence electrons. The molecule has 3 N–H and O–H groups in total. The highest BCUT2D eigenvalue weighted by Gasteiger charge is 2.37. The first-order chi connectivity index (χ1) is 14.6. The van der Waals surface area contributed by atoms with E-state index in [9.17, 15) is 22.8 Å². The summed E-state index contributed by atoms with van der Waals surface area (Å²) in [6, 6.07) is 3.87. The zero-order valence-electron chi connectivity index (χ0n) is 16.4. The van der Waals surface area contributed by atoms with Crippen LogP contribution in [0.5, 0.6) is 0 Å². The number of hydrogen-bond acceptors (Lipinski definition) is 6. The van der Waals surface area contributed by atoms with Gasteiger partial charge in [-0.15, -0.1) is 0 Å². The largest absolute Gasteiger partial charge is 0.434 e.